The Bertz CT molecular complexity index is 660. The van der Waals surface area contributed by atoms with E-state index in [1.54, 1.807) is 6.92 Å². The van der Waals surface area contributed by atoms with E-state index in [0.717, 1.165) is 16.7 Å². The summed E-state index contributed by atoms with van der Waals surface area (Å²) >= 11 is 0. The van der Waals surface area contributed by atoms with E-state index in [9.17, 15) is 4.79 Å². The van der Waals surface area contributed by atoms with Gasteiger partial charge in [0.15, 0.2) is 0 Å². The Morgan fingerprint density at radius 2 is 2.18 bits per heavy atom. The molecule has 1 aromatic rings. The first-order chi connectivity index (χ1) is 11.1. The van der Waals surface area contributed by atoms with E-state index in [1.165, 1.54) is 0 Å². The van der Waals surface area contributed by atoms with Gasteiger partial charge < -0.3 is 4.74 Å². The van der Waals surface area contributed by atoms with Gasteiger partial charge >= 0.3 is 5.97 Å². The number of carbonyl (C=O) groups is 1. The topological polar surface area (TPSA) is 38.7 Å². The van der Waals surface area contributed by atoms with E-state index in [4.69, 9.17) is 7.48 Å². The van der Waals surface area contributed by atoms with Gasteiger partial charge in [-0.15, -0.1) is 0 Å². The van der Waals surface area contributed by atoms with Crippen molar-refractivity contribution < 1.29 is 12.3 Å². The van der Waals surface area contributed by atoms with Crippen molar-refractivity contribution in [2.45, 2.75) is 53.4 Å². The Hall–Kier alpha value is -1.64. The molecule has 3 nitrogen and oxygen atoms in total. The van der Waals surface area contributed by atoms with Gasteiger partial charge in [0.25, 0.3) is 0 Å². The molecule has 0 bridgehead atoms. The number of hydrogen-bond donors (Lipinski definition) is 0. The number of aryl methyl sites for hydroxylation is 1. The van der Waals surface area contributed by atoms with E-state index in [1.807, 2.05) is 45.9 Å². The van der Waals surface area contributed by atoms with Crippen LogP contribution in [0.3, 0.4) is 0 Å². The second kappa shape index (κ2) is 6.64. The summed E-state index contributed by atoms with van der Waals surface area (Å²) < 4.78 is 22.0. The maximum Gasteiger partial charge on any atom is 0.306 e. The maximum absolute atomic E-state index is 11.7. The average Bonchev–Trinajstić information content (AvgIpc) is 2.43. The third-order valence-corrected chi connectivity index (χ3v) is 4.01. The number of hydrogen-bond acceptors (Lipinski definition) is 3. The van der Waals surface area contributed by atoms with Crippen molar-refractivity contribution in [1.29, 1.82) is 0 Å². The number of carbonyl (C=O) groups excluding carboxylic acids is 1. The van der Waals surface area contributed by atoms with Gasteiger partial charge in [0.1, 0.15) is 0 Å². The van der Waals surface area contributed by atoms with Crippen LogP contribution in [0.5, 0.6) is 0 Å². The van der Waals surface area contributed by atoms with Crippen molar-refractivity contribution in [3.8, 4) is 0 Å². The fourth-order valence-electron chi connectivity index (χ4n) is 2.87. The Balaban J connectivity index is 2.49. The molecule has 0 N–H and O–H groups in total. The summed E-state index contributed by atoms with van der Waals surface area (Å²) in [5.74, 6) is -0.575. The van der Waals surface area contributed by atoms with Gasteiger partial charge in [-0.05, 0) is 42.4 Å². The van der Waals surface area contributed by atoms with Crippen molar-refractivity contribution in [2.75, 3.05) is 13.1 Å². The zero-order valence-electron chi connectivity index (χ0n) is 16.2. The molecule has 120 valence electrons. The van der Waals surface area contributed by atoms with E-state index in [0.29, 0.717) is 25.2 Å². The Morgan fingerprint density at radius 3 is 2.82 bits per heavy atom. The Kier molecular flexibility index (Phi) is 4.22. The maximum atomic E-state index is 11.7. The van der Waals surface area contributed by atoms with Crippen molar-refractivity contribution in [2.24, 2.45) is 10.4 Å². The lowest BCUT2D eigenvalue weighted by Gasteiger charge is -2.35. The molecule has 0 saturated heterocycles. The van der Waals surface area contributed by atoms with Crippen LogP contribution in [0, 0.1) is 5.41 Å². The van der Waals surface area contributed by atoms with Gasteiger partial charge in [-0.3, -0.25) is 9.79 Å². The van der Waals surface area contributed by atoms with Crippen LogP contribution in [0.1, 0.15) is 66.4 Å². The second-order valence-electron chi connectivity index (χ2n) is 6.81. The molecule has 2 rings (SSSR count). The molecule has 0 amide bonds. The zero-order chi connectivity index (χ0) is 18.1. The van der Waals surface area contributed by atoms with E-state index in [2.05, 4.69) is 4.99 Å². The number of rotatable bonds is 4. The summed E-state index contributed by atoms with van der Waals surface area (Å²) in [6.07, 6.45) is 0.859. The number of benzene rings is 1. The van der Waals surface area contributed by atoms with Crippen LogP contribution in [-0.4, -0.2) is 24.8 Å². The van der Waals surface area contributed by atoms with Crippen molar-refractivity contribution >= 4 is 11.7 Å². The third-order valence-electron chi connectivity index (χ3n) is 4.01. The SMILES string of the molecule is [2H]C1([2H])N=C(C)c2cccc(CCC(=O)OCC)c2C1C(C)(C)C. The Morgan fingerprint density at radius 1 is 1.45 bits per heavy atom. The quantitative estimate of drug-likeness (QED) is 0.784. The second-order valence-corrected chi connectivity index (χ2v) is 6.81. The van der Waals surface area contributed by atoms with Crippen molar-refractivity contribution in [3.05, 3.63) is 34.9 Å². The normalized spacial score (nSPS) is 21.3. The standard InChI is InChI=1S/C19H27NO2/c1-6-22-17(21)11-10-14-8-7-9-15-13(2)20-12-16(18(14)15)19(3,4)5/h7-9,16H,6,10-12H2,1-5H3/i12D2. The number of ether oxygens (including phenoxy) is 1. The minimum Gasteiger partial charge on any atom is -0.466 e. The van der Waals surface area contributed by atoms with Crippen LogP contribution in [-0.2, 0) is 16.0 Å². The molecule has 1 unspecified atom stereocenters. The molecule has 1 heterocycles. The highest BCUT2D eigenvalue weighted by Gasteiger charge is 2.32. The summed E-state index contributed by atoms with van der Waals surface area (Å²) in [6.45, 7) is 8.49. The Labute approximate surface area is 136 Å². The molecule has 0 aliphatic carbocycles. The van der Waals surface area contributed by atoms with E-state index < -0.39 is 6.50 Å². The van der Waals surface area contributed by atoms with Gasteiger partial charge in [-0.2, -0.15) is 0 Å². The van der Waals surface area contributed by atoms with E-state index in [-0.39, 0.29) is 17.3 Å². The molecule has 1 aromatic carbocycles. The highest BCUT2D eigenvalue weighted by Crippen LogP contribution is 2.41. The first-order valence-corrected chi connectivity index (χ1v) is 7.92. The molecule has 1 aliphatic rings. The van der Waals surface area contributed by atoms with E-state index >= 15 is 0 Å². The first kappa shape index (κ1) is 14.0. The summed E-state index contributed by atoms with van der Waals surface area (Å²) in [4.78, 5) is 16.1. The minimum atomic E-state index is -1.66. The molecule has 1 atom stereocenters. The predicted molar refractivity (Wildman–Crippen MR) is 90.7 cm³/mol. The number of nitrogens with zero attached hydrogens (tertiary/aromatic N) is 1. The van der Waals surface area contributed by atoms with Gasteiger partial charge in [0, 0.05) is 24.5 Å². The summed E-state index contributed by atoms with van der Waals surface area (Å²) in [6, 6.07) is 5.94. The summed E-state index contributed by atoms with van der Waals surface area (Å²) in [5.41, 5.74) is 3.42. The largest absolute Gasteiger partial charge is 0.466 e. The molecule has 0 saturated carbocycles. The van der Waals surface area contributed by atoms with Crippen LogP contribution in [0.15, 0.2) is 23.2 Å². The number of esters is 1. The molecule has 3 heteroatoms. The zero-order valence-corrected chi connectivity index (χ0v) is 14.2. The minimum absolute atomic E-state index is 0.216. The van der Waals surface area contributed by atoms with Crippen molar-refractivity contribution in [1.82, 2.24) is 0 Å². The molecular weight excluding hydrogens is 274 g/mol. The first-order valence-electron chi connectivity index (χ1n) is 8.92. The fraction of sp³-hybridized carbons (Fsp3) is 0.579. The lowest BCUT2D eigenvalue weighted by atomic mass is 9.71. The summed E-state index contributed by atoms with van der Waals surface area (Å²) in [7, 11) is 0. The molecule has 22 heavy (non-hydrogen) atoms. The molecule has 1 aliphatic heterocycles. The number of aliphatic imine (C=N–C) groups is 1. The molecule has 0 aromatic heterocycles. The van der Waals surface area contributed by atoms with Crippen LogP contribution in [0.4, 0.5) is 0 Å². The number of fused-ring (bicyclic) bond motifs is 1. The monoisotopic (exact) mass is 303 g/mol. The summed E-state index contributed by atoms with van der Waals surface area (Å²) in [5, 5.41) is 0. The predicted octanol–water partition coefficient (Wildman–Crippen LogP) is 4.13. The molecular formula is C19H27NO2. The van der Waals surface area contributed by atoms with Gasteiger partial charge in [0.2, 0.25) is 0 Å². The molecule has 0 radical (unpaired) electrons. The average molecular weight is 303 g/mol. The van der Waals surface area contributed by atoms with Crippen LogP contribution in [0.25, 0.3) is 0 Å². The highest BCUT2D eigenvalue weighted by atomic mass is 16.5. The smallest absolute Gasteiger partial charge is 0.306 e. The lowest BCUT2D eigenvalue weighted by Crippen LogP contribution is -2.28. The van der Waals surface area contributed by atoms with Gasteiger partial charge in [-0.25, -0.2) is 0 Å². The van der Waals surface area contributed by atoms with Gasteiger partial charge in [-0.1, -0.05) is 39.0 Å². The molecule has 0 fully saturated rings. The van der Waals surface area contributed by atoms with Crippen LogP contribution >= 0.6 is 0 Å². The fourth-order valence-corrected chi connectivity index (χ4v) is 2.87. The van der Waals surface area contributed by atoms with Crippen molar-refractivity contribution in [3.63, 3.8) is 0 Å². The van der Waals surface area contributed by atoms with Crippen LogP contribution in [0.2, 0.25) is 0 Å². The third kappa shape index (κ3) is 3.57. The highest BCUT2D eigenvalue weighted by molar-refractivity contribution is 6.01. The molecule has 0 spiro atoms. The van der Waals surface area contributed by atoms with Gasteiger partial charge in [0.05, 0.1) is 9.35 Å². The lowest BCUT2D eigenvalue weighted by molar-refractivity contribution is -0.143. The van der Waals surface area contributed by atoms with Crippen LogP contribution < -0.4 is 0 Å².